The Balaban J connectivity index is 2.06. The number of anilines is 1. The average molecular weight is 249 g/mol. The van der Waals surface area contributed by atoms with Crippen molar-refractivity contribution in [1.29, 1.82) is 0 Å². The van der Waals surface area contributed by atoms with Gasteiger partial charge in [0.05, 0.1) is 19.3 Å². The summed E-state index contributed by atoms with van der Waals surface area (Å²) in [5, 5.41) is 3.56. The van der Waals surface area contributed by atoms with Crippen molar-refractivity contribution in [3.05, 3.63) is 29.3 Å². The third kappa shape index (κ3) is 3.03. The van der Waals surface area contributed by atoms with E-state index >= 15 is 0 Å². The number of ether oxygens (including phenoxy) is 2. The van der Waals surface area contributed by atoms with Crippen LogP contribution in [0.25, 0.3) is 0 Å². The van der Waals surface area contributed by atoms with Gasteiger partial charge in [-0.3, -0.25) is 0 Å². The van der Waals surface area contributed by atoms with Gasteiger partial charge in [0, 0.05) is 5.69 Å². The van der Waals surface area contributed by atoms with E-state index in [-0.39, 0.29) is 6.04 Å². The van der Waals surface area contributed by atoms with Crippen LogP contribution in [0.4, 0.5) is 5.69 Å². The predicted octanol–water partition coefficient (Wildman–Crippen LogP) is 3.12. The van der Waals surface area contributed by atoms with E-state index in [4.69, 9.17) is 9.47 Å². The second kappa shape index (κ2) is 5.29. The highest BCUT2D eigenvalue weighted by Gasteiger charge is 2.28. The summed E-state index contributed by atoms with van der Waals surface area (Å²) in [5.74, 6) is -0.447. The van der Waals surface area contributed by atoms with Gasteiger partial charge < -0.3 is 14.8 Å². The molecule has 1 saturated heterocycles. The van der Waals surface area contributed by atoms with Crippen LogP contribution >= 0.6 is 0 Å². The largest absolute Gasteiger partial charge is 0.377 e. The van der Waals surface area contributed by atoms with E-state index in [1.807, 2.05) is 13.8 Å². The Labute approximate surface area is 109 Å². The van der Waals surface area contributed by atoms with E-state index in [1.54, 1.807) is 0 Å². The molecule has 1 fully saturated rings. The molecule has 1 aliphatic rings. The van der Waals surface area contributed by atoms with Crippen LogP contribution in [0, 0.1) is 6.92 Å². The number of hydrogen-bond donors (Lipinski definition) is 1. The summed E-state index contributed by atoms with van der Waals surface area (Å²) in [6.45, 7) is 9.59. The monoisotopic (exact) mass is 249 g/mol. The number of benzene rings is 1. The molecule has 0 aliphatic carbocycles. The number of rotatable bonds is 3. The van der Waals surface area contributed by atoms with Crippen molar-refractivity contribution in [2.45, 2.75) is 45.9 Å². The molecule has 0 saturated carbocycles. The molecule has 0 unspecified atom stereocenters. The Morgan fingerprint density at radius 1 is 1.28 bits per heavy atom. The molecule has 1 aromatic carbocycles. The molecule has 0 amide bonds. The zero-order valence-corrected chi connectivity index (χ0v) is 11.7. The first kappa shape index (κ1) is 13.4. The van der Waals surface area contributed by atoms with Crippen LogP contribution in [0.2, 0.25) is 0 Å². The first-order valence-electron chi connectivity index (χ1n) is 6.65. The van der Waals surface area contributed by atoms with Crippen LogP contribution in [0.1, 0.15) is 31.9 Å². The lowest BCUT2D eigenvalue weighted by Crippen LogP contribution is -2.45. The molecule has 1 heterocycles. The fourth-order valence-electron chi connectivity index (χ4n) is 2.21. The smallest absolute Gasteiger partial charge is 0.162 e. The molecule has 3 nitrogen and oxygen atoms in total. The first-order chi connectivity index (χ1) is 8.52. The summed E-state index contributed by atoms with van der Waals surface area (Å²) < 4.78 is 11.4. The zero-order chi connectivity index (χ0) is 13.2. The van der Waals surface area contributed by atoms with E-state index in [1.165, 1.54) is 16.8 Å². The molecule has 0 radical (unpaired) electrons. The molecular formula is C15H23NO2. The fourth-order valence-corrected chi connectivity index (χ4v) is 2.21. The molecule has 0 bridgehead atoms. The summed E-state index contributed by atoms with van der Waals surface area (Å²) in [4.78, 5) is 0. The molecule has 0 spiro atoms. The van der Waals surface area contributed by atoms with Crippen molar-refractivity contribution in [3.63, 3.8) is 0 Å². The molecule has 1 aliphatic heterocycles. The van der Waals surface area contributed by atoms with E-state index in [9.17, 15) is 0 Å². The summed E-state index contributed by atoms with van der Waals surface area (Å²) in [5.41, 5.74) is 3.86. The summed E-state index contributed by atoms with van der Waals surface area (Å²) >= 11 is 0. The third-order valence-electron chi connectivity index (χ3n) is 3.35. The minimum absolute atomic E-state index is 0.226. The SMILES string of the molecule is CCc1cccc(C)c1NC1COC(C)(C)OC1. The molecule has 1 aromatic rings. The van der Waals surface area contributed by atoms with Crippen LogP contribution in [0.5, 0.6) is 0 Å². The van der Waals surface area contributed by atoms with Gasteiger partial charge in [-0.25, -0.2) is 0 Å². The van der Waals surface area contributed by atoms with E-state index in [0.29, 0.717) is 13.2 Å². The van der Waals surface area contributed by atoms with Gasteiger partial charge in [-0.2, -0.15) is 0 Å². The van der Waals surface area contributed by atoms with Crippen molar-refractivity contribution in [2.75, 3.05) is 18.5 Å². The highest BCUT2D eigenvalue weighted by Crippen LogP contribution is 2.24. The highest BCUT2D eigenvalue weighted by molar-refractivity contribution is 5.57. The maximum Gasteiger partial charge on any atom is 0.162 e. The Bertz CT molecular complexity index is 405. The van der Waals surface area contributed by atoms with E-state index in [2.05, 4.69) is 37.4 Å². The van der Waals surface area contributed by atoms with Crippen molar-refractivity contribution in [1.82, 2.24) is 0 Å². The summed E-state index contributed by atoms with van der Waals surface area (Å²) in [6.07, 6.45) is 1.03. The standard InChI is InChI=1S/C15H23NO2/c1-5-12-8-6-7-11(2)14(12)16-13-9-17-15(3,4)18-10-13/h6-8,13,16H,5,9-10H2,1-4H3. The van der Waals surface area contributed by atoms with Gasteiger partial charge in [-0.15, -0.1) is 0 Å². The minimum Gasteiger partial charge on any atom is -0.377 e. The first-order valence-corrected chi connectivity index (χ1v) is 6.65. The molecule has 100 valence electrons. The maximum absolute atomic E-state index is 5.68. The van der Waals surface area contributed by atoms with Crippen molar-refractivity contribution >= 4 is 5.69 Å². The van der Waals surface area contributed by atoms with Gasteiger partial charge in [-0.1, -0.05) is 25.1 Å². The van der Waals surface area contributed by atoms with Gasteiger partial charge in [-0.05, 0) is 38.3 Å². The lowest BCUT2D eigenvalue weighted by molar-refractivity contribution is -0.247. The molecule has 18 heavy (non-hydrogen) atoms. The zero-order valence-electron chi connectivity index (χ0n) is 11.7. The molecule has 1 N–H and O–H groups in total. The quantitative estimate of drug-likeness (QED) is 0.892. The van der Waals surface area contributed by atoms with Crippen LogP contribution in [-0.2, 0) is 15.9 Å². The van der Waals surface area contributed by atoms with Crippen molar-refractivity contribution in [3.8, 4) is 0 Å². The number of hydrogen-bond acceptors (Lipinski definition) is 3. The second-order valence-corrected chi connectivity index (χ2v) is 5.33. The van der Waals surface area contributed by atoms with Crippen molar-refractivity contribution < 1.29 is 9.47 Å². The Kier molecular flexibility index (Phi) is 3.93. The number of para-hydroxylation sites is 1. The fraction of sp³-hybridized carbons (Fsp3) is 0.600. The van der Waals surface area contributed by atoms with Crippen LogP contribution in [-0.4, -0.2) is 25.0 Å². The summed E-state index contributed by atoms with van der Waals surface area (Å²) in [7, 11) is 0. The highest BCUT2D eigenvalue weighted by atomic mass is 16.7. The topological polar surface area (TPSA) is 30.5 Å². The minimum atomic E-state index is -0.447. The predicted molar refractivity (Wildman–Crippen MR) is 74.0 cm³/mol. The Hall–Kier alpha value is -1.06. The lowest BCUT2D eigenvalue weighted by atomic mass is 10.0. The van der Waals surface area contributed by atoms with Crippen molar-refractivity contribution in [2.24, 2.45) is 0 Å². The van der Waals surface area contributed by atoms with E-state index < -0.39 is 5.79 Å². The summed E-state index contributed by atoms with van der Waals surface area (Å²) in [6, 6.07) is 6.64. The second-order valence-electron chi connectivity index (χ2n) is 5.33. The molecule has 0 aromatic heterocycles. The Morgan fingerprint density at radius 2 is 1.94 bits per heavy atom. The normalized spacial score (nSPS) is 19.8. The van der Waals surface area contributed by atoms with Gasteiger partial charge in [0.1, 0.15) is 0 Å². The number of aryl methyl sites for hydroxylation is 2. The maximum atomic E-state index is 5.68. The average Bonchev–Trinajstić information content (AvgIpc) is 2.34. The van der Waals surface area contributed by atoms with Crippen LogP contribution < -0.4 is 5.32 Å². The number of nitrogens with one attached hydrogen (secondary N) is 1. The van der Waals surface area contributed by atoms with Gasteiger partial charge in [0.15, 0.2) is 5.79 Å². The van der Waals surface area contributed by atoms with Crippen LogP contribution in [0.15, 0.2) is 18.2 Å². The van der Waals surface area contributed by atoms with Gasteiger partial charge >= 0.3 is 0 Å². The molecule has 2 rings (SSSR count). The van der Waals surface area contributed by atoms with Crippen LogP contribution in [0.3, 0.4) is 0 Å². The molecule has 3 heteroatoms. The van der Waals surface area contributed by atoms with Gasteiger partial charge in [0.25, 0.3) is 0 Å². The van der Waals surface area contributed by atoms with E-state index in [0.717, 1.165) is 6.42 Å². The lowest BCUT2D eigenvalue weighted by Gasteiger charge is -2.36. The Morgan fingerprint density at radius 3 is 2.56 bits per heavy atom. The molecule has 0 atom stereocenters. The van der Waals surface area contributed by atoms with Gasteiger partial charge in [0.2, 0.25) is 0 Å². The molecular weight excluding hydrogens is 226 g/mol. The third-order valence-corrected chi connectivity index (χ3v) is 3.35.